The van der Waals surface area contributed by atoms with Crippen molar-refractivity contribution in [3.8, 4) is 0 Å². The summed E-state index contributed by atoms with van der Waals surface area (Å²) < 4.78 is 4.63. The van der Waals surface area contributed by atoms with Crippen molar-refractivity contribution in [3.63, 3.8) is 0 Å². The van der Waals surface area contributed by atoms with Gasteiger partial charge in [-0.1, -0.05) is 12.1 Å². The van der Waals surface area contributed by atoms with Crippen molar-refractivity contribution in [1.82, 2.24) is 10.6 Å². The third-order valence-corrected chi connectivity index (χ3v) is 2.95. The Hall–Kier alpha value is -1.88. The first kappa shape index (κ1) is 12.6. The van der Waals surface area contributed by atoms with E-state index in [9.17, 15) is 9.59 Å². The van der Waals surface area contributed by atoms with Crippen molar-refractivity contribution in [2.75, 3.05) is 13.7 Å². The van der Waals surface area contributed by atoms with Crippen LogP contribution in [0.15, 0.2) is 24.3 Å². The van der Waals surface area contributed by atoms with E-state index in [0.717, 1.165) is 5.56 Å². The predicted molar refractivity (Wildman–Crippen MR) is 66.0 cm³/mol. The molecule has 1 amide bonds. The molecule has 2 rings (SSSR count). The van der Waals surface area contributed by atoms with Crippen molar-refractivity contribution in [3.05, 3.63) is 35.4 Å². The molecule has 1 unspecified atom stereocenters. The van der Waals surface area contributed by atoms with Crippen LogP contribution >= 0.6 is 0 Å². The fraction of sp³-hybridized carbons (Fsp3) is 0.385. The number of ether oxygens (including phenoxy) is 1. The quantitative estimate of drug-likeness (QED) is 0.759. The topological polar surface area (TPSA) is 67.4 Å². The average Bonchev–Trinajstić information content (AvgIpc) is 2.82. The second-order valence-corrected chi connectivity index (χ2v) is 4.27. The number of benzene rings is 1. The fourth-order valence-electron chi connectivity index (χ4n) is 1.89. The summed E-state index contributed by atoms with van der Waals surface area (Å²) in [6.45, 7) is 1.36. The van der Waals surface area contributed by atoms with E-state index < -0.39 is 0 Å². The molecule has 5 heteroatoms. The molecule has 2 N–H and O–H groups in total. The first-order valence-electron chi connectivity index (χ1n) is 5.86. The van der Waals surface area contributed by atoms with Gasteiger partial charge in [-0.15, -0.1) is 0 Å². The van der Waals surface area contributed by atoms with Gasteiger partial charge in [-0.3, -0.25) is 4.79 Å². The van der Waals surface area contributed by atoms with Gasteiger partial charge in [0.05, 0.1) is 12.7 Å². The third kappa shape index (κ3) is 3.07. The zero-order chi connectivity index (χ0) is 13.0. The monoisotopic (exact) mass is 248 g/mol. The number of carbonyl (C=O) groups is 2. The minimum absolute atomic E-state index is 0.0912. The highest BCUT2D eigenvalue weighted by Gasteiger charge is 2.20. The van der Waals surface area contributed by atoms with Crippen LogP contribution in [0.3, 0.4) is 0 Å². The molecule has 1 saturated heterocycles. The number of carbonyl (C=O) groups excluding carboxylic acids is 2. The molecule has 0 radical (unpaired) electrons. The second kappa shape index (κ2) is 5.64. The lowest BCUT2D eigenvalue weighted by Crippen LogP contribution is -2.30. The van der Waals surface area contributed by atoms with E-state index in [4.69, 9.17) is 0 Å². The molecule has 0 bridgehead atoms. The van der Waals surface area contributed by atoms with Gasteiger partial charge >= 0.3 is 5.97 Å². The van der Waals surface area contributed by atoms with Gasteiger partial charge in [0.2, 0.25) is 5.91 Å². The summed E-state index contributed by atoms with van der Waals surface area (Å²) in [6, 6.07) is 7.42. The van der Waals surface area contributed by atoms with Crippen molar-refractivity contribution < 1.29 is 14.3 Å². The molecule has 0 aliphatic carbocycles. The molecule has 1 aromatic carbocycles. The summed E-state index contributed by atoms with van der Waals surface area (Å²) in [5.74, 6) is -0.242. The number of methoxy groups -OCH3 is 1. The van der Waals surface area contributed by atoms with Crippen LogP contribution in [-0.4, -0.2) is 31.6 Å². The Kier molecular flexibility index (Phi) is 3.94. The van der Waals surface area contributed by atoms with Gasteiger partial charge in [0.1, 0.15) is 0 Å². The molecule has 1 aromatic rings. The number of hydrogen-bond acceptors (Lipinski definition) is 4. The van der Waals surface area contributed by atoms with Gasteiger partial charge in [-0.05, 0) is 17.7 Å². The Labute approximate surface area is 106 Å². The maximum absolute atomic E-state index is 11.2. The number of amides is 1. The Morgan fingerprint density at radius 1 is 1.44 bits per heavy atom. The van der Waals surface area contributed by atoms with E-state index in [1.807, 2.05) is 12.1 Å². The van der Waals surface area contributed by atoms with Crippen molar-refractivity contribution in [1.29, 1.82) is 0 Å². The Balaban J connectivity index is 1.86. The van der Waals surface area contributed by atoms with Crippen molar-refractivity contribution >= 4 is 11.9 Å². The van der Waals surface area contributed by atoms with E-state index in [2.05, 4.69) is 15.4 Å². The molecular formula is C13H16N2O3. The summed E-state index contributed by atoms with van der Waals surface area (Å²) in [4.78, 5) is 22.3. The van der Waals surface area contributed by atoms with Crippen molar-refractivity contribution in [2.24, 2.45) is 0 Å². The first-order valence-corrected chi connectivity index (χ1v) is 5.86. The lowest BCUT2D eigenvalue weighted by Gasteiger charge is -2.10. The fourth-order valence-corrected chi connectivity index (χ4v) is 1.89. The molecule has 1 heterocycles. The van der Waals surface area contributed by atoms with Crippen LogP contribution in [0.25, 0.3) is 0 Å². The Bertz CT molecular complexity index is 442. The predicted octanol–water partition coefficient (Wildman–Crippen LogP) is 0.451. The molecule has 5 nitrogen and oxygen atoms in total. The van der Waals surface area contributed by atoms with Gasteiger partial charge in [0, 0.05) is 25.6 Å². The molecule has 1 aliphatic rings. The normalized spacial score (nSPS) is 18.5. The highest BCUT2D eigenvalue weighted by atomic mass is 16.5. The number of rotatable bonds is 4. The minimum atomic E-state index is -0.333. The van der Waals surface area contributed by atoms with Gasteiger partial charge in [0.25, 0.3) is 0 Å². The second-order valence-electron chi connectivity index (χ2n) is 4.27. The summed E-state index contributed by atoms with van der Waals surface area (Å²) in [5.41, 5.74) is 1.61. The van der Waals surface area contributed by atoms with Crippen LogP contribution in [0.2, 0.25) is 0 Å². The lowest BCUT2D eigenvalue weighted by atomic mass is 10.1. The van der Waals surface area contributed by atoms with Crippen LogP contribution < -0.4 is 10.6 Å². The third-order valence-electron chi connectivity index (χ3n) is 2.95. The highest BCUT2D eigenvalue weighted by Crippen LogP contribution is 2.07. The average molecular weight is 248 g/mol. The summed E-state index contributed by atoms with van der Waals surface area (Å²) in [6.07, 6.45) is 0.528. The molecule has 96 valence electrons. The van der Waals surface area contributed by atoms with Crippen LogP contribution in [0, 0.1) is 0 Å². The van der Waals surface area contributed by atoms with E-state index >= 15 is 0 Å². The number of hydrogen-bond donors (Lipinski definition) is 2. The molecule has 1 fully saturated rings. The zero-order valence-electron chi connectivity index (χ0n) is 10.2. The van der Waals surface area contributed by atoms with Crippen LogP contribution in [0.5, 0.6) is 0 Å². The minimum Gasteiger partial charge on any atom is -0.465 e. The standard InChI is InChI=1S/C13H16N2O3/c1-18-13(17)10-4-2-9(3-5-10)7-14-11-6-12(16)15-8-11/h2-5,11,14H,6-8H2,1H3,(H,15,16). The summed E-state index contributed by atoms with van der Waals surface area (Å²) >= 11 is 0. The van der Waals surface area contributed by atoms with Crippen molar-refractivity contribution in [2.45, 2.75) is 19.0 Å². The smallest absolute Gasteiger partial charge is 0.337 e. The molecule has 0 saturated carbocycles. The Morgan fingerprint density at radius 2 is 2.17 bits per heavy atom. The van der Waals surface area contributed by atoms with Gasteiger partial charge in [-0.2, -0.15) is 0 Å². The zero-order valence-corrected chi connectivity index (χ0v) is 10.2. The van der Waals surface area contributed by atoms with Gasteiger partial charge in [0.15, 0.2) is 0 Å². The summed E-state index contributed by atoms with van der Waals surface area (Å²) in [7, 11) is 1.36. The number of nitrogens with one attached hydrogen (secondary N) is 2. The SMILES string of the molecule is COC(=O)c1ccc(CNC2CNC(=O)C2)cc1. The Morgan fingerprint density at radius 3 is 2.72 bits per heavy atom. The highest BCUT2D eigenvalue weighted by molar-refractivity contribution is 5.89. The van der Waals surface area contributed by atoms with E-state index in [-0.39, 0.29) is 17.9 Å². The number of esters is 1. The largest absolute Gasteiger partial charge is 0.465 e. The van der Waals surface area contributed by atoms with Crippen LogP contribution in [0.1, 0.15) is 22.3 Å². The van der Waals surface area contributed by atoms with Crippen LogP contribution in [0.4, 0.5) is 0 Å². The molecule has 1 aliphatic heterocycles. The summed E-state index contributed by atoms with van der Waals surface area (Å²) in [5, 5.41) is 6.07. The van der Waals surface area contributed by atoms with Gasteiger partial charge < -0.3 is 15.4 Å². The van der Waals surface area contributed by atoms with E-state index in [1.165, 1.54) is 7.11 Å². The van der Waals surface area contributed by atoms with Gasteiger partial charge in [-0.25, -0.2) is 4.79 Å². The van der Waals surface area contributed by atoms with Crippen LogP contribution in [-0.2, 0) is 16.1 Å². The molecule has 18 heavy (non-hydrogen) atoms. The molecule has 0 aromatic heterocycles. The lowest BCUT2D eigenvalue weighted by molar-refractivity contribution is -0.119. The van der Waals surface area contributed by atoms with E-state index in [0.29, 0.717) is 25.1 Å². The molecule has 1 atom stereocenters. The molecular weight excluding hydrogens is 232 g/mol. The maximum atomic E-state index is 11.2. The van der Waals surface area contributed by atoms with E-state index in [1.54, 1.807) is 12.1 Å². The molecule has 0 spiro atoms. The maximum Gasteiger partial charge on any atom is 0.337 e. The first-order chi connectivity index (χ1) is 8.69.